The first-order valence-electron chi connectivity index (χ1n) is 7.31. The fourth-order valence-corrected chi connectivity index (χ4v) is 2.24. The third kappa shape index (κ3) is 3.82. The predicted molar refractivity (Wildman–Crippen MR) is 80.7 cm³/mol. The summed E-state index contributed by atoms with van der Waals surface area (Å²) in [6, 6.07) is 5.21. The Balaban J connectivity index is 2.04. The van der Waals surface area contributed by atoms with E-state index in [0.29, 0.717) is 0 Å². The van der Waals surface area contributed by atoms with Crippen molar-refractivity contribution in [2.75, 3.05) is 6.54 Å². The zero-order valence-corrected chi connectivity index (χ0v) is 12.8. The first-order chi connectivity index (χ1) is 10.2. The van der Waals surface area contributed by atoms with Gasteiger partial charge in [-0.25, -0.2) is 9.37 Å². The molecule has 0 aliphatic rings. The number of ether oxygens (including phenoxy) is 1. The van der Waals surface area contributed by atoms with Crippen LogP contribution in [0, 0.1) is 5.82 Å². The van der Waals surface area contributed by atoms with Gasteiger partial charge in [0, 0.05) is 25.0 Å². The molecular formula is C16H22FN3O. The molecule has 21 heavy (non-hydrogen) atoms. The molecule has 1 aromatic carbocycles. The quantitative estimate of drug-likeness (QED) is 0.851. The van der Waals surface area contributed by atoms with E-state index in [1.54, 1.807) is 12.3 Å². The number of aromatic nitrogens is 2. The van der Waals surface area contributed by atoms with E-state index in [4.69, 9.17) is 4.74 Å². The number of rotatable bonds is 7. The SMILES string of the molecule is CCNC(C)c1ccc(OCc2nccn2CC)c(F)c1. The molecule has 0 aliphatic carbocycles. The lowest BCUT2D eigenvalue weighted by molar-refractivity contribution is 0.275. The minimum atomic E-state index is -0.341. The lowest BCUT2D eigenvalue weighted by Gasteiger charge is -2.14. The predicted octanol–water partition coefficient (Wildman–Crippen LogP) is 3.29. The third-order valence-corrected chi connectivity index (χ3v) is 3.47. The molecule has 0 bridgehead atoms. The Hall–Kier alpha value is -1.88. The first kappa shape index (κ1) is 15.5. The summed E-state index contributed by atoms with van der Waals surface area (Å²) in [6.07, 6.45) is 3.61. The number of nitrogens with zero attached hydrogens (tertiary/aromatic N) is 2. The van der Waals surface area contributed by atoms with Gasteiger partial charge in [-0.05, 0) is 38.1 Å². The number of hydrogen-bond donors (Lipinski definition) is 1. The summed E-state index contributed by atoms with van der Waals surface area (Å²) in [4.78, 5) is 4.21. The van der Waals surface area contributed by atoms with Crippen LogP contribution >= 0.6 is 0 Å². The van der Waals surface area contributed by atoms with Gasteiger partial charge in [0.1, 0.15) is 12.4 Å². The van der Waals surface area contributed by atoms with Crippen molar-refractivity contribution in [1.29, 1.82) is 0 Å². The molecule has 1 heterocycles. The molecule has 0 radical (unpaired) electrons. The largest absolute Gasteiger partial charge is 0.483 e. The fraction of sp³-hybridized carbons (Fsp3) is 0.438. The Morgan fingerprint density at radius 2 is 2.19 bits per heavy atom. The van der Waals surface area contributed by atoms with E-state index in [2.05, 4.69) is 10.3 Å². The van der Waals surface area contributed by atoms with Gasteiger partial charge in [0.05, 0.1) is 0 Å². The van der Waals surface area contributed by atoms with E-state index in [0.717, 1.165) is 24.5 Å². The third-order valence-electron chi connectivity index (χ3n) is 3.47. The minimum absolute atomic E-state index is 0.123. The van der Waals surface area contributed by atoms with Gasteiger partial charge in [-0.1, -0.05) is 13.0 Å². The maximum absolute atomic E-state index is 14.1. The lowest BCUT2D eigenvalue weighted by Crippen LogP contribution is -2.17. The monoisotopic (exact) mass is 291 g/mol. The van der Waals surface area contributed by atoms with Crippen LogP contribution in [0.15, 0.2) is 30.6 Å². The van der Waals surface area contributed by atoms with Crippen LogP contribution in [0.1, 0.15) is 38.2 Å². The molecule has 1 N–H and O–H groups in total. The molecule has 1 atom stereocenters. The normalized spacial score (nSPS) is 12.4. The Kier molecular flexibility index (Phi) is 5.33. The highest BCUT2D eigenvalue weighted by Crippen LogP contribution is 2.22. The molecule has 0 saturated carbocycles. The zero-order valence-electron chi connectivity index (χ0n) is 12.8. The van der Waals surface area contributed by atoms with Crippen LogP contribution in [0.4, 0.5) is 4.39 Å². The standard InChI is InChI=1S/C16H22FN3O/c1-4-18-12(3)13-6-7-15(14(17)10-13)21-11-16-19-8-9-20(16)5-2/h6-10,12,18H,4-5,11H2,1-3H3. The van der Waals surface area contributed by atoms with Crippen molar-refractivity contribution in [3.05, 3.63) is 47.8 Å². The van der Waals surface area contributed by atoms with Crippen LogP contribution in [0.5, 0.6) is 5.75 Å². The topological polar surface area (TPSA) is 39.1 Å². The van der Waals surface area contributed by atoms with Crippen molar-refractivity contribution in [3.8, 4) is 5.75 Å². The number of nitrogens with one attached hydrogen (secondary N) is 1. The molecule has 2 rings (SSSR count). The molecule has 0 saturated heterocycles. The average Bonchev–Trinajstić information content (AvgIpc) is 2.93. The highest BCUT2D eigenvalue weighted by atomic mass is 19.1. The van der Waals surface area contributed by atoms with E-state index in [1.165, 1.54) is 6.07 Å². The molecule has 0 amide bonds. The number of benzene rings is 1. The molecule has 0 fully saturated rings. The van der Waals surface area contributed by atoms with Gasteiger partial charge in [0.25, 0.3) is 0 Å². The summed E-state index contributed by atoms with van der Waals surface area (Å²) in [5, 5.41) is 3.26. The van der Waals surface area contributed by atoms with Gasteiger partial charge in [-0.2, -0.15) is 0 Å². The molecular weight excluding hydrogens is 269 g/mol. The Morgan fingerprint density at radius 1 is 1.38 bits per heavy atom. The Labute approximate surface area is 125 Å². The smallest absolute Gasteiger partial charge is 0.165 e. The lowest BCUT2D eigenvalue weighted by atomic mass is 10.1. The number of aryl methyl sites for hydroxylation is 1. The van der Waals surface area contributed by atoms with Crippen LogP contribution in [0.2, 0.25) is 0 Å². The second-order valence-corrected chi connectivity index (χ2v) is 4.89. The van der Waals surface area contributed by atoms with Crippen LogP contribution in [-0.4, -0.2) is 16.1 Å². The van der Waals surface area contributed by atoms with E-state index in [9.17, 15) is 4.39 Å². The highest BCUT2D eigenvalue weighted by molar-refractivity contribution is 5.31. The van der Waals surface area contributed by atoms with Crippen LogP contribution in [0.3, 0.4) is 0 Å². The van der Waals surface area contributed by atoms with Crippen LogP contribution in [0.25, 0.3) is 0 Å². The summed E-state index contributed by atoms with van der Waals surface area (Å²) in [5.74, 6) is 0.710. The van der Waals surface area contributed by atoms with Gasteiger partial charge in [0.15, 0.2) is 11.6 Å². The van der Waals surface area contributed by atoms with Crippen molar-refractivity contribution in [2.24, 2.45) is 0 Å². The van der Waals surface area contributed by atoms with Gasteiger partial charge in [-0.15, -0.1) is 0 Å². The molecule has 5 heteroatoms. The number of imidazole rings is 1. The maximum Gasteiger partial charge on any atom is 0.165 e. The summed E-state index contributed by atoms with van der Waals surface area (Å²) in [6.45, 7) is 8.00. The van der Waals surface area contributed by atoms with Crippen LogP contribution in [-0.2, 0) is 13.2 Å². The maximum atomic E-state index is 14.1. The van der Waals surface area contributed by atoms with Crippen molar-refractivity contribution >= 4 is 0 Å². The van der Waals surface area contributed by atoms with Crippen molar-refractivity contribution in [1.82, 2.24) is 14.9 Å². The summed E-state index contributed by atoms with van der Waals surface area (Å²) in [7, 11) is 0. The average molecular weight is 291 g/mol. The van der Waals surface area contributed by atoms with Crippen molar-refractivity contribution < 1.29 is 9.13 Å². The second kappa shape index (κ2) is 7.22. The first-order valence-corrected chi connectivity index (χ1v) is 7.31. The van der Waals surface area contributed by atoms with Gasteiger partial charge < -0.3 is 14.6 Å². The molecule has 1 unspecified atom stereocenters. The van der Waals surface area contributed by atoms with E-state index >= 15 is 0 Å². The van der Waals surface area contributed by atoms with Gasteiger partial charge in [-0.3, -0.25) is 0 Å². The molecule has 114 valence electrons. The Morgan fingerprint density at radius 3 is 2.86 bits per heavy atom. The summed E-state index contributed by atoms with van der Waals surface area (Å²) >= 11 is 0. The van der Waals surface area contributed by atoms with Crippen LogP contribution < -0.4 is 10.1 Å². The Bertz CT molecular complexity index is 583. The van der Waals surface area contributed by atoms with E-state index < -0.39 is 0 Å². The fourth-order valence-electron chi connectivity index (χ4n) is 2.24. The van der Waals surface area contributed by atoms with Crippen molar-refractivity contribution in [2.45, 2.75) is 40.0 Å². The molecule has 2 aromatic rings. The van der Waals surface area contributed by atoms with Gasteiger partial charge >= 0.3 is 0 Å². The van der Waals surface area contributed by atoms with E-state index in [-0.39, 0.29) is 24.2 Å². The molecule has 0 spiro atoms. The zero-order chi connectivity index (χ0) is 15.2. The molecule has 4 nitrogen and oxygen atoms in total. The number of halogens is 1. The second-order valence-electron chi connectivity index (χ2n) is 4.89. The van der Waals surface area contributed by atoms with Crippen molar-refractivity contribution in [3.63, 3.8) is 0 Å². The minimum Gasteiger partial charge on any atom is -0.483 e. The van der Waals surface area contributed by atoms with E-state index in [1.807, 2.05) is 37.6 Å². The summed E-state index contributed by atoms with van der Waals surface area (Å²) < 4.78 is 21.6. The molecule has 0 aliphatic heterocycles. The molecule has 1 aromatic heterocycles. The van der Waals surface area contributed by atoms with Gasteiger partial charge in [0.2, 0.25) is 0 Å². The summed E-state index contributed by atoms with van der Waals surface area (Å²) in [5.41, 5.74) is 0.914. The highest BCUT2D eigenvalue weighted by Gasteiger charge is 2.10. The number of hydrogen-bond acceptors (Lipinski definition) is 3.